The van der Waals surface area contributed by atoms with Gasteiger partial charge >= 0.3 is 0 Å². The summed E-state index contributed by atoms with van der Waals surface area (Å²) in [5, 5.41) is 6.02. The number of halogens is 1. The minimum Gasteiger partial charge on any atom is -0.353 e. The zero-order valence-corrected chi connectivity index (χ0v) is 15.4. The van der Waals surface area contributed by atoms with E-state index in [4.69, 9.17) is 11.6 Å². The number of amides is 1. The van der Waals surface area contributed by atoms with Gasteiger partial charge in [-0.15, -0.1) is 11.3 Å². The summed E-state index contributed by atoms with van der Waals surface area (Å²) in [6, 6.07) is 8.35. The van der Waals surface area contributed by atoms with Crippen molar-refractivity contribution in [2.45, 2.75) is 44.1 Å². The average Bonchev–Trinajstić information content (AvgIpc) is 3.20. The van der Waals surface area contributed by atoms with Crippen molar-refractivity contribution in [3.05, 3.63) is 58.3 Å². The lowest BCUT2D eigenvalue weighted by Gasteiger charge is -2.30. The van der Waals surface area contributed by atoms with Gasteiger partial charge in [-0.05, 0) is 42.9 Å². The number of nitrogens with one attached hydrogen (secondary N) is 1. The fourth-order valence-electron chi connectivity index (χ4n) is 3.73. The fourth-order valence-corrected chi connectivity index (χ4v) is 4.78. The molecule has 0 spiro atoms. The van der Waals surface area contributed by atoms with Crippen molar-refractivity contribution in [1.29, 1.82) is 0 Å². The number of hydrogen-bond donors (Lipinski definition) is 1. The SMILES string of the molecule is O=C(Cc1csc2nccn12)NC1CCCC(c2cccc(Cl)c2)C1. The summed E-state index contributed by atoms with van der Waals surface area (Å²) in [5.41, 5.74) is 2.28. The molecule has 6 heteroatoms. The molecule has 0 radical (unpaired) electrons. The number of benzene rings is 1. The Kier molecular flexibility index (Phi) is 4.77. The third-order valence-electron chi connectivity index (χ3n) is 4.92. The summed E-state index contributed by atoms with van der Waals surface area (Å²) in [4.78, 5) is 17.7. The molecule has 4 rings (SSSR count). The molecular formula is C19H20ClN3OS. The van der Waals surface area contributed by atoms with Crippen LogP contribution in [0.2, 0.25) is 5.02 Å². The van der Waals surface area contributed by atoms with Crippen LogP contribution in [0.15, 0.2) is 42.0 Å². The highest BCUT2D eigenvalue weighted by Crippen LogP contribution is 2.33. The Balaban J connectivity index is 1.38. The van der Waals surface area contributed by atoms with Gasteiger partial charge < -0.3 is 5.32 Å². The first kappa shape index (κ1) is 16.6. The van der Waals surface area contributed by atoms with Crippen LogP contribution in [0.25, 0.3) is 4.96 Å². The van der Waals surface area contributed by atoms with Gasteiger partial charge in [0.25, 0.3) is 0 Å². The number of thiazole rings is 1. The van der Waals surface area contributed by atoms with Crippen molar-refractivity contribution >= 4 is 33.8 Å². The molecule has 2 unspecified atom stereocenters. The topological polar surface area (TPSA) is 46.4 Å². The maximum Gasteiger partial charge on any atom is 0.226 e. The first-order valence-corrected chi connectivity index (χ1v) is 9.89. The van der Waals surface area contributed by atoms with E-state index in [-0.39, 0.29) is 11.9 Å². The van der Waals surface area contributed by atoms with E-state index in [1.807, 2.05) is 28.1 Å². The molecule has 4 nitrogen and oxygen atoms in total. The van der Waals surface area contributed by atoms with Crippen molar-refractivity contribution in [2.24, 2.45) is 0 Å². The highest BCUT2D eigenvalue weighted by molar-refractivity contribution is 7.15. The molecule has 0 aliphatic heterocycles. The molecule has 2 heterocycles. The molecular weight excluding hydrogens is 354 g/mol. The van der Waals surface area contributed by atoms with Crippen LogP contribution in [-0.2, 0) is 11.2 Å². The van der Waals surface area contributed by atoms with Crippen LogP contribution in [0, 0.1) is 0 Å². The van der Waals surface area contributed by atoms with Crippen LogP contribution in [0.5, 0.6) is 0 Å². The number of hydrogen-bond acceptors (Lipinski definition) is 3. The van der Waals surface area contributed by atoms with E-state index < -0.39 is 0 Å². The van der Waals surface area contributed by atoms with Crippen molar-refractivity contribution in [3.63, 3.8) is 0 Å². The molecule has 1 amide bonds. The van der Waals surface area contributed by atoms with Crippen LogP contribution in [-0.4, -0.2) is 21.3 Å². The van der Waals surface area contributed by atoms with Crippen LogP contribution < -0.4 is 5.32 Å². The highest BCUT2D eigenvalue weighted by atomic mass is 35.5. The highest BCUT2D eigenvalue weighted by Gasteiger charge is 2.24. The van der Waals surface area contributed by atoms with E-state index in [9.17, 15) is 4.79 Å². The summed E-state index contributed by atoms with van der Waals surface area (Å²) in [6.07, 6.45) is 8.39. The molecule has 0 saturated heterocycles. The second-order valence-corrected chi connectivity index (χ2v) is 7.94. The summed E-state index contributed by atoms with van der Waals surface area (Å²) >= 11 is 7.69. The fraction of sp³-hybridized carbons (Fsp3) is 0.368. The van der Waals surface area contributed by atoms with Gasteiger partial charge in [-0.25, -0.2) is 4.98 Å². The third kappa shape index (κ3) is 3.72. The monoisotopic (exact) mass is 373 g/mol. The van der Waals surface area contributed by atoms with Gasteiger partial charge in [0.1, 0.15) is 0 Å². The van der Waals surface area contributed by atoms with Gasteiger partial charge in [0.15, 0.2) is 4.96 Å². The normalized spacial score (nSPS) is 20.7. The van der Waals surface area contributed by atoms with Gasteiger partial charge in [0.2, 0.25) is 5.91 Å². The molecule has 1 saturated carbocycles. The Bertz CT molecular complexity index is 888. The molecule has 3 aromatic rings. The molecule has 1 fully saturated rings. The van der Waals surface area contributed by atoms with Crippen molar-refractivity contribution in [3.8, 4) is 0 Å². The molecule has 1 N–H and O–H groups in total. The van der Waals surface area contributed by atoms with Gasteiger partial charge in [0, 0.05) is 34.5 Å². The van der Waals surface area contributed by atoms with E-state index in [1.165, 1.54) is 5.56 Å². The number of aromatic nitrogens is 2. The second kappa shape index (κ2) is 7.18. The van der Waals surface area contributed by atoms with E-state index in [0.29, 0.717) is 12.3 Å². The lowest BCUT2D eigenvalue weighted by atomic mass is 9.81. The zero-order valence-electron chi connectivity index (χ0n) is 13.8. The molecule has 1 aliphatic rings. The average molecular weight is 374 g/mol. The largest absolute Gasteiger partial charge is 0.353 e. The number of nitrogens with zero attached hydrogens (tertiary/aromatic N) is 2. The van der Waals surface area contributed by atoms with Crippen LogP contribution in [0.3, 0.4) is 0 Å². The van der Waals surface area contributed by atoms with E-state index >= 15 is 0 Å². The predicted molar refractivity (Wildman–Crippen MR) is 101 cm³/mol. The van der Waals surface area contributed by atoms with E-state index in [2.05, 4.69) is 22.4 Å². The third-order valence-corrected chi connectivity index (χ3v) is 6.06. The minimum atomic E-state index is 0.0881. The first-order valence-electron chi connectivity index (χ1n) is 8.63. The summed E-state index contributed by atoms with van der Waals surface area (Å²) in [7, 11) is 0. The Labute approximate surface area is 155 Å². The standard InChI is InChI=1S/C19H20ClN3OS/c20-15-5-1-3-13(9-15)14-4-2-6-16(10-14)22-18(24)11-17-12-25-19-21-7-8-23(17)19/h1,3,5,7-9,12,14,16H,2,4,6,10-11H2,(H,22,24). The number of carbonyl (C=O) groups excluding carboxylic acids is 1. The van der Waals surface area contributed by atoms with Gasteiger partial charge in [-0.3, -0.25) is 9.20 Å². The summed E-state index contributed by atoms with van der Waals surface area (Å²) < 4.78 is 1.99. The number of imidazole rings is 1. The smallest absolute Gasteiger partial charge is 0.226 e. The Morgan fingerprint density at radius 3 is 3.20 bits per heavy atom. The van der Waals surface area contributed by atoms with E-state index in [0.717, 1.165) is 41.4 Å². The molecule has 0 bridgehead atoms. The van der Waals surface area contributed by atoms with Crippen LogP contribution >= 0.6 is 22.9 Å². The van der Waals surface area contributed by atoms with Crippen LogP contribution in [0.4, 0.5) is 0 Å². The van der Waals surface area contributed by atoms with Crippen molar-refractivity contribution in [1.82, 2.24) is 14.7 Å². The van der Waals surface area contributed by atoms with Gasteiger partial charge in [0.05, 0.1) is 6.42 Å². The van der Waals surface area contributed by atoms with Gasteiger partial charge in [-0.2, -0.15) is 0 Å². The number of carbonyl (C=O) groups is 1. The van der Waals surface area contributed by atoms with Gasteiger partial charge in [-0.1, -0.05) is 30.2 Å². The Morgan fingerprint density at radius 1 is 1.40 bits per heavy atom. The molecule has 130 valence electrons. The number of fused-ring (bicyclic) bond motifs is 1. The maximum absolute atomic E-state index is 12.5. The molecule has 2 aromatic heterocycles. The molecule has 1 aliphatic carbocycles. The predicted octanol–water partition coefficient (Wildman–Crippen LogP) is 4.43. The lowest BCUT2D eigenvalue weighted by molar-refractivity contribution is -0.121. The molecule has 25 heavy (non-hydrogen) atoms. The Hall–Kier alpha value is -1.85. The quantitative estimate of drug-likeness (QED) is 0.735. The van der Waals surface area contributed by atoms with E-state index in [1.54, 1.807) is 17.5 Å². The number of rotatable bonds is 4. The Morgan fingerprint density at radius 2 is 2.32 bits per heavy atom. The maximum atomic E-state index is 12.5. The minimum absolute atomic E-state index is 0.0881. The summed E-state index contributed by atoms with van der Waals surface area (Å²) in [5.74, 6) is 0.560. The second-order valence-electron chi connectivity index (χ2n) is 6.67. The summed E-state index contributed by atoms with van der Waals surface area (Å²) in [6.45, 7) is 0. The molecule has 1 aromatic carbocycles. The zero-order chi connectivity index (χ0) is 17.2. The molecule has 2 atom stereocenters. The van der Waals surface area contributed by atoms with Crippen molar-refractivity contribution in [2.75, 3.05) is 0 Å². The first-order chi connectivity index (χ1) is 12.2. The van der Waals surface area contributed by atoms with Crippen molar-refractivity contribution < 1.29 is 4.79 Å². The lowest BCUT2D eigenvalue weighted by Crippen LogP contribution is -2.38. The van der Waals surface area contributed by atoms with Crippen LogP contribution in [0.1, 0.15) is 42.9 Å².